The van der Waals surface area contributed by atoms with Gasteiger partial charge in [-0.15, -0.1) is 9.08 Å². The van der Waals surface area contributed by atoms with E-state index in [4.69, 9.17) is 0 Å². The van der Waals surface area contributed by atoms with Crippen molar-refractivity contribution in [3.05, 3.63) is 64.4 Å². The van der Waals surface area contributed by atoms with Gasteiger partial charge in [-0.2, -0.15) is 8.42 Å². The molecule has 0 atom stereocenters. The molecular formula is C22H23N4O4S+. The number of fused-ring (bicyclic) bond motifs is 2. The maximum Gasteiger partial charge on any atom is 0.377 e. The number of nitrogens with one attached hydrogen (secondary N) is 1. The Bertz CT molecular complexity index is 1370. The van der Waals surface area contributed by atoms with Crippen molar-refractivity contribution in [2.75, 3.05) is 5.32 Å². The second kappa shape index (κ2) is 7.49. The van der Waals surface area contributed by atoms with Crippen LogP contribution in [0.25, 0.3) is 10.9 Å². The summed E-state index contributed by atoms with van der Waals surface area (Å²) in [6.45, 7) is 0. The molecular weight excluding hydrogens is 416 g/mol. The summed E-state index contributed by atoms with van der Waals surface area (Å²) in [7, 11) is -4.02. The summed E-state index contributed by atoms with van der Waals surface area (Å²) in [4.78, 5) is 14.2. The van der Waals surface area contributed by atoms with Crippen LogP contribution in [0.4, 0.5) is 5.69 Å². The molecule has 2 heterocycles. The zero-order valence-corrected chi connectivity index (χ0v) is 17.7. The summed E-state index contributed by atoms with van der Waals surface area (Å²) < 4.78 is 31.1. The monoisotopic (exact) mass is 439 g/mol. The first-order chi connectivity index (χ1) is 15.0. The van der Waals surface area contributed by atoms with Crippen molar-refractivity contribution in [2.24, 2.45) is 4.40 Å². The first-order valence-corrected chi connectivity index (χ1v) is 11.9. The predicted octanol–water partition coefficient (Wildman–Crippen LogP) is 2.98. The molecule has 0 saturated heterocycles. The lowest BCUT2D eigenvalue weighted by molar-refractivity contribution is -0.967. The van der Waals surface area contributed by atoms with Gasteiger partial charge in [0.15, 0.2) is 0 Å². The molecule has 0 unspecified atom stereocenters. The first-order valence-electron chi connectivity index (χ1n) is 10.5. The Balaban J connectivity index is 1.77. The number of hydrogen-bond donors (Lipinski definition) is 2. The fraction of sp³-hybridized carbons (Fsp3) is 0.318. The number of amidine groups is 1. The topological polar surface area (TPSA) is 105 Å². The molecule has 1 fully saturated rings. The number of sulfonamides is 1. The molecule has 2 aromatic carbocycles. The van der Waals surface area contributed by atoms with Crippen molar-refractivity contribution >= 4 is 32.4 Å². The molecule has 0 spiro atoms. The van der Waals surface area contributed by atoms with Crippen molar-refractivity contribution in [2.45, 2.75) is 49.5 Å². The number of aromatic nitrogens is 2. The van der Waals surface area contributed by atoms with E-state index in [1.54, 1.807) is 41.1 Å². The second-order valence-corrected chi connectivity index (χ2v) is 9.58. The van der Waals surface area contributed by atoms with Crippen molar-refractivity contribution in [3.63, 3.8) is 0 Å². The molecule has 31 heavy (non-hydrogen) atoms. The third-order valence-corrected chi connectivity index (χ3v) is 7.37. The predicted molar refractivity (Wildman–Crippen MR) is 116 cm³/mol. The van der Waals surface area contributed by atoms with Crippen LogP contribution in [0.3, 0.4) is 0 Å². The van der Waals surface area contributed by atoms with Crippen LogP contribution in [-0.2, 0) is 10.0 Å². The molecule has 5 rings (SSSR count). The summed E-state index contributed by atoms with van der Waals surface area (Å²) in [5, 5.41) is 14.6. The van der Waals surface area contributed by atoms with Crippen LogP contribution in [-0.4, -0.2) is 24.1 Å². The summed E-state index contributed by atoms with van der Waals surface area (Å²) in [6.07, 6.45) is 6.07. The Morgan fingerprint density at radius 1 is 1.00 bits per heavy atom. The van der Waals surface area contributed by atoms with Crippen molar-refractivity contribution in [1.82, 2.24) is 4.68 Å². The smallest absolute Gasteiger partial charge is 0.332 e. The standard InChI is InChI=1S/C22H23N4O4S/c27-21-16-11-5-7-13-18(16)25(15-9-3-1-2-4-10-15)26(28)20(21)22-23-17-12-6-8-14-19(17)31(29,30)24-22/h5-8,11-15,28H,1-4,9-10H2,(H,23,24)/q+1. The average Bonchev–Trinajstić information content (AvgIpc) is 3.03. The summed E-state index contributed by atoms with van der Waals surface area (Å²) >= 11 is 0. The summed E-state index contributed by atoms with van der Waals surface area (Å²) in [5.74, 6) is -0.181. The van der Waals surface area contributed by atoms with Crippen LogP contribution in [0.15, 0.2) is 62.6 Å². The van der Waals surface area contributed by atoms with Crippen LogP contribution < -0.4 is 15.6 Å². The molecule has 1 aromatic heterocycles. The van der Waals surface area contributed by atoms with Crippen LogP contribution in [0.5, 0.6) is 0 Å². The second-order valence-electron chi connectivity index (χ2n) is 8.01. The molecule has 1 aliphatic carbocycles. The highest BCUT2D eigenvalue weighted by atomic mass is 32.2. The quantitative estimate of drug-likeness (QED) is 0.363. The minimum absolute atomic E-state index is 0.00941. The third kappa shape index (κ3) is 3.29. The van der Waals surface area contributed by atoms with E-state index in [9.17, 15) is 18.4 Å². The molecule has 2 N–H and O–H groups in total. The highest BCUT2D eigenvalue weighted by molar-refractivity contribution is 7.90. The van der Waals surface area contributed by atoms with Crippen LogP contribution in [0, 0.1) is 0 Å². The zero-order chi connectivity index (χ0) is 21.6. The number of para-hydroxylation sites is 2. The largest absolute Gasteiger partial charge is 0.377 e. The van der Waals surface area contributed by atoms with Gasteiger partial charge in [0, 0.05) is 0 Å². The van der Waals surface area contributed by atoms with E-state index in [-0.39, 0.29) is 22.5 Å². The Kier molecular flexibility index (Phi) is 4.77. The Labute approximate surface area is 179 Å². The Morgan fingerprint density at radius 2 is 1.68 bits per heavy atom. The van der Waals surface area contributed by atoms with Gasteiger partial charge in [-0.05, 0) is 37.1 Å². The van der Waals surface area contributed by atoms with Crippen molar-refractivity contribution < 1.29 is 18.5 Å². The van der Waals surface area contributed by atoms with Gasteiger partial charge in [0.25, 0.3) is 15.5 Å². The lowest BCUT2D eigenvalue weighted by Crippen LogP contribution is -2.55. The van der Waals surface area contributed by atoms with E-state index < -0.39 is 15.5 Å². The number of hydrogen-bond acceptors (Lipinski definition) is 5. The minimum Gasteiger partial charge on any atom is -0.332 e. The molecule has 3 aromatic rings. The summed E-state index contributed by atoms with van der Waals surface area (Å²) in [6, 6.07) is 13.4. The van der Waals surface area contributed by atoms with E-state index in [1.807, 2.05) is 6.07 Å². The highest BCUT2D eigenvalue weighted by Crippen LogP contribution is 2.30. The fourth-order valence-electron chi connectivity index (χ4n) is 4.57. The van der Waals surface area contributed by atoms with E-state index in [1.165, 1.54) is 6.07 Å². The normalized spacial score (nSPS) is 18.6. The average molecular weight is 440 g/mol. The maximum absolute atomic E-state index is 13.4. The Hall–Kier alpha value is -3.20. The van der Waals surface area contributed by atoms with Gasteiger partial charge >= 0.3 is 5.69 Å². The van der Waals surface area contributed by atoms with E-state index in [0.717, 1.165) is 43.4 Å². The number of nitrogens with zero attached hydrogens (tertiary/aromatic N) is 3. The van der Waals surface area contributed by atoms with Gasteiger partial charge in [-0.1, -0.05) is 49.9 Å². The van der Waals surface area contributed by atoms with Gasteiger partial charge in [-0.3, -0.25) is 10.0 Å². The van der Waals surface area contributed by atoms with E-state index in [0.29, 0.717) is 16.6 Å². The van der Waals surface area contributed by atoms with Crippen LogP contribution in [0.2, 0.25) is 0 Å². The van der Waals surface area contributed by atoms with Crippen molar-refractivity contribution in [3.8, 4) is 0 Å². The van der Waals surface area contributed by atoms with Crippen LogP contribution >= 0.6 is 0 Å². The van der Waals surface area contributed by atoms with Gasteiger partial charge < -0.3 is 5.32 Å². The molecule has 9 heteroatoms. The van der Waals surface area contributed by atoms with Gasteiger partial charge in [0.05, 0.1) is 17.1 Å². The lowest BCUT2D eigenvalue weighted by atomic mass is 10.1. The molecule has 1 saturated carbocycles. The minimum atomic E-state index is -4.02. The molecule has 0 radical (unpaired) electrons. The van der Waals surface area contributed by atoms with Crippen LogP contribution in [0.1, 0.15) is 50.3 Å². The highest BCUT2D eigenvalue weighted by Gasteiger charge is 2.37. The molecule has 0 bridgehead atoms. The SMILES string of the molecule is O=c1c(C2=NS(=O)(=O)c3ccccc3N2)[n+](O)n(C2CCCCCC2)c2ccccc12. The van der Waals surface area contributed by atoms with Crippen molar-refractivity contribution in [1.29, 1.82) is 0 Å². The van der Waals surface area contributed by atoms with Gasteiger partial charge in [-0.25, -0.2) is 0 Å². The molecule has 8 nitrogen and oxygen atoms in total. The van der Waals surface area contributed by atoms with E-state index in [2.05, 4.69) is 9.71 Å². The molecule has 160 valence electrons. The molecule has 1 aliphatic heterocycles. The molecule has 0 amide bonds. The number of rotatable bonds is 2. The fourth-order valence-corrected chi connectivity index (χ4v) is 5.68. The number of anilines is 1. The lowest BCUT2D eigenvalue weighted by Gasteiger charge is -2.19. The van der Waals surface area contributed by atoms with Gasteiger partial charge in [0.1, 0.15) is 15.3 Å². The number of benzene rings is 2. The molecule has 2 aliphatic rings. The van der Waals surface area contributed by atoms with E-state index >= 15 is 0 Å². The zero-order valence-electron chi connectivity index (χ0n) is 16.9. The summed E-state index contributed by atoms with van der Waals surface area (Å²) in [5.41, 5.74) is 0.260. The van der Waals surface area contributed by atoms with Gasteiger partial charge in [0.2, 0.25) is 5.84 Å². The Morgan fingerprint density at radius 3 is 2.45 bits per heavy atom. The first kappa shape index (κ1) is 19.7. The third-order valence-electron chi connectivity index (χ3n) is 6.04. The maximum atomic E-state index is 13.4.